The molecule has 21 heavy (non-hydrogen) atoms. The first-order valence-electron chi connectivity index (χ1n) is 7.93. The third kappa shape index (κ3) is 5.08. The van der Waals surface area contributed by atoms with Crippen molar-refractivity contribution in [1.82, 2.24) is 10.2 Å². The van der Waals surface area contributed by atoms with Crippen LogP contribution in [0.2, 0.25) is 0 Å². The average Bonchev–Trinajstić information content (AvgIpc) is 3.09. The molecule has 1 fully saturated rings. The number of nitrogens with one attached hydrogen (secondary N) is 1. The number of amides is 2. The van der Waals surface area contributed by atoms with Crippen molar-refractivity contribution in [1.29, 1.82) is 0 Å². The molecular formula is C16H24N2O3. The van der Waals surface area contributed by atoms with Gasteiger partial charge in [-0.3, -0.25) is 19.3 Å². The molecular weight excluding hydrogens is 268 g/mol. The second-order valence-corrected chi connectivity index (χ2v) is 5.91. The lowest BCUT2D eigenvalue weighted by molar-refractivity contribution is -0.136. The van der Waals surface area contributed by atoms with Crippen LogP contribution in [0.3, 0.4) is 0 Å². The highest BCUT2D eigenvalue weighted by molar-refractivity contribution is 6.12. The second-order valence-electron chi connectivity index (χ2n) is 5.91. The zero-order valence-corrected chi connectivity index (χ0v) is 12.5. The van der Waals surface area contributed by atoms with Gasteiger partial charge < -0.3 is 5.32 Å². The molecule has 2 amide bonds. The first kappa shape index (κ1) is 15.9. The van der Waals surface area contributed by atoms with Crippen LogP contribution in [0.4, 0.5) is 0 Å². The summed E-state index contributed by atoms with van der Waals surface area (Å²) in [7, 11) is 0. The van der Waals surface area contributed by atoms with Crippen molar-refractivity contribution in [3.8, 4) is 0 Å². The maximum absolute atomic E-state index is 11.8. The molecule has 1 saturated heterocycles. The predicted molar refractivity (Wildman–Crippen MR) is 79.5 cm³/mol. The van der Waals surface area contributed by atoms with Gasteiger partial charge >= 0.3 is 0 Å². The van der Waals surface area contributed by atoms with Crippen molar-refractivity contribution >= 4 is 17.6 Å². The molecule has 0 bridgehead atoms. The predicted octanol–water partition coefficient (Wildman–Crippen LogP) is 1.43. The standard InChI is InChI=1S/C16H24N2O3/c19-14(6-5-13-9-10-17-12-13)4-2-1-3-11-18-15(20)7-8-16(18)21/h7-8,13,17H,1-6,9-12H2/t13-/m1/s1. The molecule has 5 nitrogen and oxygen atoms in total. The van der Waals surface area contributed by atoms with Crippen LogP contribution in [-0.2, 0) is 14.4 Å². The highest BCUT2D eigenvalue weighted by Gasteiger charge is 2.22. The number of Topliss-reactive ketones (excluding diaryl/α,β-unsaturated/α-hetero) is 1. The molecule has 2 aliphatic rings. The van der Waals surface area contributed by atoms with Crippen LogP contribution in [0.1, 0.15) is 44.9 Å². The topological polar surface area (TPSA) is 66.5 Å². The normalized spacial score (nSPS) is 21.5. The van der Waals surface area contributed by atoms with Gasteiger partial charge in [0.2, 0.25) is 0 Å². The maximum Gasteiger partial charge on any atom is 0.253 e. The van der Waals surface area contributed by atoms with Gasteiger partial charge in [-0.2, -0.15) is 0 Å². The highest BCUT2D eigenvalue weighted by atomic mass is 16.2. The molecule has 2 aliphatic heterocycles. The van der Waals surface area contributed by atoms with Crippen molar-refractivity contribution in [3.05, 3.63) is 12.2 Å². The van der Waals surface area contributed by atoms with Crippen LogP contribution >= 0.6 is 0 Å². The minimum atomic E-state index is -0.221. The molecule has 1 N–H and O–H groups in total. The molecule has 5 heteroatoms. The fourth-order valence-electron chi connectivity index (χ4n) is 2.87. The van der Waals surface area contributed by atoms with E-state index < -0.39 is 0 Å². The summed E-state index contributed by atoms with van der Waals surface area (Å²) in [5.41, 5.74) is 0. The van der Waals surface area contributed by atoms with Gasteiger partial charge in [-0.05, 0) is 44.7 Å². The van der Waals surface area contributed by atoms with E-state index in [-0.39, 0.29) is 11.8 Å². The monoisotopic (exact) mass is 292 g/mol. The minimum Gasteiger partial charge on any atom is -0.316 e. The first-order valence-corrected chi connectivity index (χ1v) is 7.93. The van der Waals surface area contributed by atoms with Crippen molar-refractivity contribution in [2.45, 2.75) is 44.9 Å². The molecule has 0 aromatic rings. The van der Waals surface area contributed by atoms with Gasteiger partial charge in [0.15, 0.2) is 0 Å². The quantitative estimate of drug-likeness (QED) is 0.516. The van der Waals surface area contributed by atoms with E-state index in [1.807, 2.05) is 0 Å². The fraction of sp³-hybridized carbons (Fsp3) is 0.688. The number of hydrogen-bond acceptors (Lipinski definition) is 4. The van der Waals surface area contributed by atoms with Crippen LogP contribution in [0.15, 0.2) is 12.2 Å². The van der Waals surface area contributed by atoms with Crippen LogP contribution in [0.25, 0.3) is 0 Å². The van der Waals surface area contributed by atoms with E-state index in [4.69, 9.17) is 0 Å². The highest BCUT2D eigenvalue weighted by Crippen LogP contribution is 2.16. The lowest BCUT2D eigenvalue weighted by Gasteiger charge is -2.13. The molecule has 2 heterocycles. The van der Waals surface area contributed by atoms with Crippen molar-refractivity contribution in [2.24, 2.45) is 5.92 Å². The number of carbonyl (C=O) groups excluding carboxylic acids is 3. The molecule has 1 atom stereocenters. The smallest absolute Gasteiger partial charge is 0.253 e. The molecule has 0 aliphatic carbocycles. The number of rotatable bonds is 9. The van der Waals surface area contributed by atoms with Gasteiger partial charge in [-0.1, -0.05) is 6.42 Å². The SMILES string of the molecule is O=C(CCCCCN1C(=O)C=CC1=O)CC[C@@H]1CCNC1. The van der Waals surface area contributed by atoms with Crippen LogP contribution in [-0.4, -0.2) is 42.1 Å². The Morgan fingerprint density at radius 2 is 1.90 bits per heavy atom. The number of ketones is 1. The summed E-state index contributed by atoms with van der Waals surface area (Å²) in [6.45, 7) is 2.60. The van der Waals surface area contributed by atoms with Crippen LogP contribution in [0, 0.1) is 5.92 Å². The zero-order valence-electron chi connectivity index (χ0n) is 12.5. The summed E-state index contributed by atoms with van der Waals surface area (Å²) in [6.07, 6.45) is 8.65. The lowest BCUT2D eigenvalue weighted by atomic mass is 9.99. The van der Waals surface area contributed by atoms with Crippen LogP contribution < -0.4 is 5.32 Å². The van der Waals surface area contributed by atoms with Gasteiger partial charge in [0.1, 0.15) is 5.78 Å². The zero-order chi connectivity index (χ0) is 15.1. The number of imide groups is 1. The first-order chi connectivity index (χ1) is 10.2. The van der Waals surface area contributed by atoms with E-state index in [0.717, 1.165) is 38.8 Å². The molecule has 0 aromatic heterocycles. The van der Waals surface area contributed by atoms with Crippen molar-refractivity contribution in [3.63, 3.8) is 0 Å². The van der Waals surface area contributed by atoms with E-state index in [1.165, 1.54) is 23.5 Å². The Labute approximate surface area is 125 Å². The Kier molecular flexibility index (Phi) is 6.11. The molecule has 116 valence electrons. The summed E-state index contributed by atoms with van der Waals surface area (Å²) < 4.78 is 0. The number of carbonyl (C=O) groups is 3. The average molecular weight is 292 g/mol. The van der Waals surface area contributed by atoms with Crippen molar-refractivity contribution < 1.29 is 14.4 Å². The summed E-state index contributed by atoms with van der Waals surface area (Å²) in [5, 5.41) is 3.31. The third-order valence-electron chi connectivity index (χ3n) is 4.23. The molecule has 0 radical (unpaired) electrons. The molecule has 0 aromatic carbocycles. The second kappa shape index (κ2) is 8.08. The van der Waals surface area contributed by atoms with E-state index in [2.05, 4.69) is 5.32 Å². The maximum atomic E-state index is 11.8. The minimum absolute atomic E-state index is 0.221. The molecule has 0 saturated carbocycles. The number of hydrogen-bond donors (Lipinski definition) is 1. The Morgan fingerprint density at radius 3 is 2.57 bits per heavy atom. The van der Waals surface area contributed by atoms with Crippen LogP contribution in [0.5, 0.6) is 0 Å². The summed E-state index contributed by atoms with van der Waals surface area (Å²) in [4.78, 5) is 35.7. The molecule has 0 unspecified atom stereocenters. The van der Waals surface area contributed by atoms with Gasteiger partial charge in [-0.15, -0.1) is 0 Å². The largest absolute Gasteiger partial charge is 0.316 e. The van der Waals surface area contributed by atoms with E-state index in [9.17, 15) is 14.4 Å². The molecule has 2 rings (SSSR count). The Bertz CT molecular complexity index is 407. The van der Waals surface area contributed by atoms with Gasteiger partial charge in [0.25, 0.3) is 11.8 Å². The summed E-state index contributed by atoms with van der Waals surface area (Å²) in [6, 6.07) is 0. The Balaban J connectivity index is 1.48. The Hall–Kier alpha value is -1.49. The summed E-state index contributed by atoms with van der Waals surface area (Å²) >= 11 is 0. The lowest BCUT2D eigenvalue weighted by Crippen LogP contribution is -2.30. The van der Waals surface area contributed by atoms with Gasteiger partial charge in [0.05, 0.1) is 0 Å². The number of nitrogens with zero attached hydrogens (tertiary/aromatic N) is 1. The third-order valence-corrected chi connectivity index (χ3v) is 4.23. The molecule has 0 spiro atoms. The Morgan fingerprint density at radius 1 is 1.14 bits per heavy atom. The van der Waals surface area contributed by atoms with Gasteiger partial charge in [0, 0.05) is 31.5 Å². The summed E-state index contributed by atoms with van der Waals surface area (Å²) in [5.74, 6) is 0.577. The number of unbranched alkanes of at least 4 members (excludes halogenated alkanes) is 2. The van der Waals surface area contributed by atoms with Crippen molar-refractivity contribution in [2.75, 3.05) is 19.6 Å². The fourth-order valence-corrected chi connectivity index (χ4v) is 2.87. The van der Waals surface area contributed by atoms with E-state index in [1.54, 1.807) is 0 Å². The van der Waals surface area contributed by atoms with Gasteiger partial charge in [-0.25, -0.2) is 0 Å². The van der Waals surface area contributed by atoms with E-state index in [0.29, 0.717) is 31.1 Å². The van der Waals surface area contributed by atoms with E-state index >= 15 is 0 Å².